The third-order valence-electron chi connectivity index (χ3n) is 2.71. The van der Waals surface area contributed by atoms with E-state index in [1.165, 1.54) is 30.3 Å². The molecular weight excluding hydrogens is 298 g/mol. The van der Waals surface area contributed by atoms with Gasteiger partial charge in [-0.05, 0) is 41.5 Å². The first-order valence-electron chi connectivity index (χ1n) is 5.84. The molecule has 0 aliphatic heterocycles. The number of carboxylic acid groups (broad SMARTS) is 1. The number of hydrogen-bond donors (Lipinski definition) is 0. The lowest BCUT2D eigenvalue weighted by atomic mass is 10.2. The number of halogens is 1. The highest BCUT2D eigenvalue weighted by Gasteiger charge is 2.06. The largest absolute Gasteiger partial charge is 0.545 e. The van der Waals surface area contributed by atoms with E-state index in [0.717, 1.165) is 5.56 Å². The van der Waals surface area contributed by atoms with E-state index < -0.39 is 10.9 Å². The number of nitro groups is 1. The van der Waals surface area contributed by atoms with Gasteiger partial charge in [-0.2, -0.15) is 0 Å². The molecule has 0 unspecified atom stereocenters. The number of hydrogen-bond acceptors (Lipinski definition) is 5. The Labute approximate surface area is 124 Å². The van der Waals surface area contributed by atoms with Crippen LogP contribution in [0.5, 0.6) is 5.75 Å². The molecule has 2 aromatic rings. The Kier molecular flexibility index (Phi) is 4.39. The first kappa shape index (κ1) is 14.8. The van der Waals surface area contributed by atoms with Crippen LogP contribution in [0.15, 0.2) is 42.5 Å². The zero-order valence-corrected chi connectivity index (χ0v) is 11.4. The van der Waals surface area contributed by atoms with E-state index in [1.54, 1.807) is 12.1 Å². The van der Waals surface area contributed by atoms with Gasteiger partial charge in [0.1, 0.15) is 12.4 Å². The second kappa shape index (κ2) is 6.23. The average Bonchev–Trinajstić information content (AvgIpc) is 2.46. The topological polar surface area (TPSA) is 92.5 Å². The first-order chi connectivity index (χ1) is 9.97. The lowest BCUT2D eigenvalue weighted by molar-refractivity contribution is -0.384. The molecule has 0 heterocycles. The van der Waals surface area contributed by atoms with Crippen LogP contribution in [-0.2, 0) is 6.61 Å². The molecule has 0 fully saturated rings. The van der Waals surface area contributed by atoms with Crippen molar-refractivity contribution in [2.45, 2.75) is 6.61 Å². The van der Waals surface area contributed by atoms with Gasteiger partial charge >= 0.3 is 0 Å². The van der Waals surface area contributed by atoms with Crippen molar-refractivity contribution in [2.24, 2.45) is 0 Å². The minimum absolute atomic E-state index is 0.00454. The Bertz CT molecular complexity index is 684. The van der Waals surface area contributed by atoms with Crippen molar-refractivity contribution in [2.75, 3.05) is 0 Å². The van der Waals surface area contributed by atoms with Crippen molar-refractivity contribution in [3.63, 3.8) is 0 Å². The van der Waals surface area contributed by atoms with E-state index in [9.17, 15) is 20.0 Å². The lowest BCUT2D eigenvalue weighted by Crippen LogP contribution is -2.22. The van der Waals surface area contributed by atoms with Gasteiger partial charge in [-0.1, -0.05) is 11.6 Å². The third kappa shape index (κ3) is 3.70. The molecule has 0 atom stereocenters. The molecule has 2 aromatic carbocycles. The summed E-state index contributed by atoms with van der Waals surface area (Å²) >= 11 is 5.90. The first-order valence-corrected chi connectivity index (χ1v) is 6.22. The summed E-state index contributed by atoms with van der Waals surface area (Å²) in [6.45, 7) is 0.155. The van der Waals surface area contributed by atoms with Crippen molar-refractivity contribution < 1.29 is 19.6 Å². The number of carbonyl (C=O) groups is 1. The lowest BCUT2D eigenvalue weighted by Gasteiger charge is -2.10. The highest BCUT2D eigenvalue weighted by molar-refractivity contribution is 6.32. The van der Waals surface area contributed by atoms with Gasteiger partial charge in [0.25, 0.3) is 5.69 Å². The maximum Gasteiger partial charge on any atom is 0.269 e. The second-order valence-corrected chi connectivity index (χ2v) is 4.55. The minimum Gasteiger partial charge on any atom is -0.545 e. The van der Waals surface area contributed by atoms with Crippen molar-refractivity contribution >= 4 is 23.3 Å². The maximum atomic E-state index is 10.7. The van der Waals surface area contributed by atoms with E-state index in [-0.39, 0.29) is 22.9 Å². The molecule has 0 saturated carbocycles. The van der Waals surface area contributed by atoms with E-state index in [1.807, 2.05) is 0 Å². The highest BCUT2D eigenvalue weighted by atomic mass is 35.5. The van der Waals surface area contributed by atoms with Crippen LogP contribution >= 0.6 is 11.6 Å². The molecule has 0 N–H and O–H groups in total. The summed E-state index contributed by atoms with van der Waals surface area (Å²) in [4.78, 5) is 20.7. The number of benzene rings is 2. The van der Waals surface area contributed by atoms with Gasteiger partial charge in [0.05, 0.1) is 15.9 Å². The van der Waals surface area contributed by atoms with Gasteiger partial charge in [0.2, 0.25) is 0 Å². The molecule has 0 bridgehead atoms. The molecule has 0 amide bonds. The molecule has 7 heteroatoms. The Morgan fingerprint density at radius 1 is 1.19 bits per heavy atom. The van der Waals surface area contributed by atoms with Crippen molar-refractivity contribution in [3.8, 4) is 5.75 Å². The van der Waals surface area contributed by atoms with E-state index in [4.69, 9.17) is 16.3 Å². The van der Waals surface area contributed by atoms with Crippen LogP contribution in [0.25, 0.3) is 0 Å². The number of carbonyl (C=O) groups excluding carboxylic acids is 1. The number of aromatic carboxylic acids is 1. The fraction of sp³-hybridized carbons (Fsp3) is 0.0714. The summed E-state index contributed by atoms with van der Waals surface area (Å²) in [5.41, 5.74) is 0.679. The zero-order chi connectivity index (χ0) is 15.4. The zero-order valence-electron chi connectivity index (χ0n) is 10.6. The van der Waals surface area contributed by atoms with Gasteiger partial charge in [-0.25, -0.2) is 0 Å². The van der Waals surface area contributed by atoms with Gasteiger partial charge in [0.15, 0.2) is 0 Å². The normalized spacial score (nSPS) is 10.1. The van der Waals surface area contributed by atoms with E-state index in [0.29, 0.717) is 5.75 Å². The number of carboxylic acids is 1. The summed E-state index contributed by atoms with van der Waals surface area (Å²) in [6.07, 6.45) is 0. The standard InChI is InChI=1S/C14H10ClNO5/c15-12-7-10(14(17)18)3-6-13(12)21-8-9-1-4-11(5-2-9)16(19)20/h1-7H,8H2,(H,17,18)/p-1. The predicted octanol–water partition coefficient (Wildman–Crippen LogP) is 2.19. The van der Waals surface area contributed by atoms with Crippen LogP contribution in [0, 0.1) is 10.1 Å². The molecule has 0 aliphatic carbocycles. The number of ether oxygens (including phenoxy) is 1. The highest BCUT2D eigenvalue weighted by Crippen LogP contribution is 2.26. The molecular formula is C14H9ClNO5-. The van der Waals surface area contributed by atoms with Crippen molar-refractivity contribution in [3.05, 3.63) is 68.7 Å². The maximum absolute atomic E-state index is 10.7. The van der Waals surface area contributed by atoms with E-state index >= 15 is 0 Å². The van der Waals surface area contributed by atoms with Crippen LogP contribution in [0.1, 0.15) is 15.9 Å². The van der Waals surface area contributed by atoms with Crippen LogP contribution in [-0.4, -0.2) is 10.9 Å². The quantitative estimate of drug-likeness (QED) is 0.623. The summed E-state index contributed by atoms with van der Waals surface area (Å²) in [5, 5.41) is 21.3. The fourth-order valence-electron chi connectivity index (χ4n) is 1.62. The fourth-order valence-corrected chi connectivity index (χ4v) is 1.85. The molecule has 108 valence electrons. The minimum atomic E-state index is -1.32. The van der Waals surface area contributed by atoms with Gasteiger partial charge < -0.3 is 14.6 Å². The molecule has 21 heavy (non-hydrogen) atoms. The van der Waals surface area contributed by atoms with Crippen molar-refractivity contribution in [1.82, 2.24) is 0 Å². The second-order valence-electron chi connectivity index (χ2n) is 4.14. The van der Waals surface area contributed by atoms with Crippen LogP contribution < -0.4 is 9.84 Å². The Balaban J connectivity index is 2.06. The average molecular weight is 307 g/mol. The van der Waals surface area contributed by atoms with Gasteiger partial charge in [0, 0.05) is 12.1 Å². The monoisotopic (exact) mass is 306 g/mol. The number of non-ortho nitro benzene ring substituents is 1. The van der Waals surface area contributed by atoms with Crippen LogP contribution in [0.2, 0.25) is 5.02 Å². The van der Waals surface area contributed by atoms with Crippen LogP contribution in [0.4, 0.5) is 5.69 Å². The Morgan fingerprint density at radius 2 is 1.86 bits per heavy atom. The summed E-state index contributed by atoms with van der Waals surface area (Å²) in [7, 11) is 0. The summed E-state index contributed by atoms with van der Waals surface area (Å²) < 4.78 is 5.44. The molecule has 6 nitrogen and oxygen atoms in total. The molecule has 0 aliphatic rings. The molecule has 0 spiro atoms. The number of rotatable bonds is 5. The van der Waals surface area contributed by atoms with Gasteiger partial charge in [-0.15, -0.1) is 0 Å². The van der Waals surface area contributed by atoms with Crippen molar-refractivity contribution in [1.29, 1.82) is 0 Å². The molecule has 0 radical (unpaired) electrons. The Hall–Kier alpha value is -2.60. The summed E-state index contributed by atoms with van der Waals surface area (Å²) in [6, 6.07) is 9.88. The molecule has 0 saturated heterocycles. The number of nitro benzene ring substituents is 1. The summed E-state index contributed by atoms with van der Waals surface area (Å²) in [5.74, 6) is -1.00. The number of nitrogens with zero attached hydrogens (tertiary/aromatic N) is 1. The molecule has 0 aromatic heterocycles. The van der Waals surface area contributed by atoms with E-state index in [2.05, 4.69) is 0 Å². The predicted molar refractivity (Wildman–Crippen MR) is 73.2 cm³/mol. The SMILES string of the molecule is O=C([O-])c1ccc(OCc2ccc([N+](=O)[O-])cc2)c(Cl)c1. The molecule has 2 rings (SSSR count). The van der Waals surface area contributed by atoms with Gasteiger partial charge in [-0.3, -0.25) is 10.1 Å². The Morgan fingerprint density at radius 3 is 2.38 bits per heavy atom. The third-order valence-corrected chi connectivity index (χ3v) is 3.00. The smallest absolute Gasteiger partial charge is 0.269 e. The van der Waals surface area contributed by atoms with Crippen LogP contribution in [0.3, 0.4) is 0 Å².